The van der Waals surface area contributed by atoms with Gasteiger partial charge in [-0.05, 0) is 37.2 Å². The number of piperidine rings is 1. The molecule has 2 fully saturated rings. The molecule has 18 heavy (non-hydrogen) atoms. The quantitative estimate of drug-likeness (QED) is 0.870. The molecule has 98 valence electrons. The van der Waals surface area contributed by atoms with Gasteiger partial charge in [-0.25, -0.2) is 4.39 Å². The first-order valence-corrected chi connectivity index (χ1v) is 6.91. The van der Waals surface area contributed by atoms with Crippen LogP contribution in [0.5, 0.6) is 5.75 Å². The summed E-state index contributed by atoms with van der Waals surface area (Å²) in [5.41, 5.74) is 0.718. The molecule has 1 saturated heterocycles. The Kier molecular flexibility index (Phi) is 3.25. The van der Waals surface area contributed by atoms with Crippen molar-refractivity contribution in [2.45, 2.75) is 32.2 Å². The molecule has 2 unspecified atom stereocenters. The van der Waals surface area contributed by atoms with Crippen LogP contribution in [-0.2, 0) is 6.54 Å². The summed E-state index contributed by atoms with van der Waals surface area (Å²) in [4.78, 5) is 2.38. The molecule has 1 heterocycles. The highest BCUT2D eigenvalue weighted by Gasteiger charge is 2.30. The molecular formula is C15H20FNO. The average Bonchev–Trinajstić information content (AvgIpc) is 2.35. The number of phenols is 1. The number of hydrogen-bond donors (Lipinski definition) is 1. The topological polar surface area (TPSA) is 23.5 Å². The molecule has 2 nitrogen and oxygen atoms in total. The molecule has 2 atom stereocenters. The molecule has 1 aliphatic carbocycles. The highest BCUT2D eigenvalue weighted by Crippen LogP contribution is 2.35. The van der Waals surface area contributed by atoms with Crippen molar-refractivity contribution in [2.75, 3.05) is 13.1 Å². The summed E-state index contributed by atoms with van der Waals surface area (Å²) in [5.74, 6) is 0.944. The first-order valence-electron chi connectivity index (χ1n) is 6.91. The summed E-state index contributed by atoms with van der Waals surface area (Å²) in [6, 6.07) is 4.81. The van der Waals surface area contributed by atoms with E-state index in [0.29, 0.717) is 6.54 Å². The Bertz CT molecular complexity index is 423. The monoisotopic (exact) mass is 249 g/mol. The van der Waals surface area contributed by atoms with Crippen LogP contribution >= 0.6 is 0 Å². The Morgan fingerprint density at radius 3 is 2.67 bits per heavy atom. The van der Waals surface area contributed by atoms with Crippen molar-refractivity contribution in [3.8, 4) is 5.75 Å². The van der Waals surface area contributed by atoms with Crippen molar-refractivity contribution >= 4 is 0 Å². The van der Waals surface area contributed by atoms with E-state index in [1.807, 2.05) is 6.07 Å². The number of benzene rings is 1. The second kappa shape index (κ2) is 4.88. The van der Waals surface area contributed by atoms with Crippen molar-refractivity contribution in [3.05, 3.63) is 29.6 Å². The predicted octanol–water partition coefficient (Wildman–Crippen LogP) is 3.15. The third-order valence-corrected chi connectivity index (χ3v) is 4.39. The van der Waals surface area contributed by atoms with Crippen LogP contribution in [0.2, 0.25) is 0 Å². The van der Waals surface area contributed by atoms with Crippen molar-refractivity contribution in [1.29, 1.82) is 0 Å². The maximum atomic E-state index is 13.3. The normalized spacial score (nSPS) is 28.3. The van der Waals surface area contributed by atoms with Crippen LogP contribution < -0.4 is 0 Å². The van der Waals surface area contributed by atoms with Gasteiger partial charge in [-0.2, -0.15) is 0 Å². The summed E-state index contributed by atoms with van der Waals surface area (Å²) in [5, 5.41) is 9.73. The highest BCUT2D eigenvalue weighted by molar-refractivity contribution is 5.33. The van der Waals surface area contributed by atoms with E-state index in [2.05, 4.69) is 4.90 Å². The standard InChI is InChI=1S/C15H20FNO/c16-14-6-2-5-13(15(14)18)10-17-8-11-3-1-4-12(7-11)9-17/h2,5-6,11-12,18H,1,3-4,7-10H2. The van der Waals surface area contributed by atoms with E-state index in [-0.39, 0.29) is 5.75 Å². The largest absolute Gasteiger partial charge is 0.505 e. The second-order valence-electron chi connectivity index (χ2n) is 5.84. The lowest BCUT2D eigenvalue weighted by molar-refractivity contribution is 0.0801. The lowest BCUT2D eigenvalue weighted by atomic mass is 9.78. The summed E-state index contributed by atoms with van der Waals surface area (Å²) in [7, 11) is 0. The fourth-order valence-corrected chi connectivity index (χ4v) is 3.60. The number of rotatable bonds is 2. The number of likely N-dealkylation sites (tertiary alicyclic amines) is 1. The molecule has 0 aromatic heterocycles. The van der Waals surface area contributed by atoms with Gasteiger partial charge >= 0.3 is 0 Å². The van der Waals surface area contributed by atoms with Gasteiger partial charge < -0.3 is 5.11 Å². The molecule has 1 aromatic carbocycles. The zero-order valence-electron chi connectivity index (χ0n) is 10.6. The lowest BCUT2D eigenvalue weighted by Gasteiger charge is -2.41. The van der Waals surface area contributed by atoms with Gasteiger partial charge in [0.1, 0.15) is 0 Å². The van der Waals surface area contributed by atoms with Crippen LogP contribution in [0.15, 0.2) is 18.2 Å². The molecule has 1 aromatic rings. The fraction of sp³-hybridized carbons (Fsp3) is 0.600. The molecule has 0 amide bonds. The van der Waals surface area contributed by atoms with E-state index in [4.69, 9.17) is 0 Å². The molecule has 1 aliphatic heterocycles. The van der Waals surface area contributed by atoms with Gasteiger partial charge in [0.15, 0.2) is 11.6 Å². The first-order chi connectivity index (χ1) is 8.72. The molecular weight excluding hydrogens is 229 g/mol. The zero-order valence-corrected chi connectivity index (χ0v) is 10.6. The smallest absolute Gasteiger partial charge is 0.165 e. The second-order valence-corrected chi connectivity index (χ2v) is 5.84. The number of halogens is 1. The van der Waals surface area contributed by atoms with Gasteiger partial charge in [0.05, 0.1) is 0 Å². The minimum atomic E-state index is -0.510. The van der Waals surface area contributed by atoms with Crippen LogP contribution in [0.1, 0.15) is 31.2 Å². The van der Waals surface area contributed by atoms with Crippen LogP contribution in [-0.4, -0.2) is 23.1 Å². The third kappa shape index (κ3) is 2.37. The molecule has 1 saturated carbocycles. The Morgan fingerprint density at radius 2 is 1.94 bits per heavy atom. The van der Waals surface area contributed by atoms with Gasteiger partial charge in [-0.15, -0.1) is 0 Å². The minimum absolute atomic E-state index is 0.173. The van der Waals surface area contributed by atoms with Gasteiger partial charge in [0.25, 0.3) is 0 Å². The van der Waals surface area contributed by atoms with Crippen molar-refractivity contribution < 1.29 is 9.50 Å². The predicted molar refractivity (Wildman–Crippen MR) is 68.8 cm³/mol. The van der Waals surface area contributed by atoms with E-state index in [1.54, 1.807) is 6.07 Å². The van der Waals surface area contributed by atoms with Crippen LogP contribution in [0, 0.1) is 17.7 Å². The van der Waals surface area contributed by atoms with Crippen LogP contribution in [0.3, 0.4) is 0 Å². The van der Waals surface area contributed by atoms with Crippen LogP contribution in [0.25, 0.3) is 0 Å². The summed E-state index contributed by atoms with van der Waals surface area (Å²) < 4.78 is 13.3. The van der Waals surface area contributed by atoms with Gasteiger partial charge in [-0.1, -0.05) is 18.6 Å². The zero-order chi connectivity index (χ0) is 12.5. The van der Waals surface area contributed by atoms with Gasteiger partial charge in [0, 0.05) is 25.2 Å². The van der Waals surface area contributed by atoms with E-state index in [9.17, 15) is 9.50 Å². The van der Waals surface area contributed by atoms with E-state index in [0.717, 1.165) is 30.5 Å². The Balaban J connectivity index is 1.71. The molecule has 0 spiro atoms. The molecule has 3 rings (SSSR count). The minimum Gasteiger partial charge on any atom is -0.505 e. The fourth-order valence-electron chi connectivity index (χ4n) is 3.60. The summed E-state index contributed by atoms with van der Waals surface area (Å²) >= 11 is 0. The highest BCUT2D eigenvalue weighted by atomic mass is 19.1. The van der Waals surface area contributed by atoms with E-state index in [1.165, 1.54) is 31.7 Å². The molecule has 1 N–H and O–H groups in total. The molecule has 3 heteroatoms. The lowest BCUT2D eigenvalue weighted by Crippen LogP contribution is -2.42. The van der Waals surface area contributed by atoms with E-state index >= 15 is 0 Å². The number of fused-ring (bicyclic) bond motifs is 2. The molecule has 0 radical (unpaired) electrons. The first kappa shape index (κ1) is 12.0. The van der Waals surface area contributed by atoms with Gasteiger partial charge in [-0.3, -0.25) is 4.90 Å². The van der Waals surface area contributed by atoms with Gasteiger partial charge in [0.2, 0.25) is 0 Å². The number of aromatic hydroxyl groups is 1. The number of hydrogen-bond acceptors (Lipinski definition) is 2. The summed E-state index contributed by atoms with van der Waals surface area (Å²) in [6.45, 7) is 2.88. The summed E-state index contributed by atoms with van der Waals surface area (Å²) in [6.07, 6.45) is 5.41. The number of para-hydroxylation sites is 1. The van der Waals surface area contributed by atoms with Crippen molar-refractivity contribution in [2.24, 2.45) is 11.8 Å². The third-order valence-electron chi connectivity index (χ3n) is 4.39. The maximum absolute atomic E-state index is 13.3. The van der Waals surface area contributed by atoms with Crippen molar-refractivity contribution in [1.82, 2.24) is 4.90 Å². The van der Waals surface area contributed by atoms with Crippen molar-refractivity contribution in [3.63, 3.8) is 0 Å². The average molecular weight is 249 g/mol. The Morgan fingerprint density at radius 1 is 1.22 bits per heavy atom. The molecule has 2 aliphatic rings. The van der Waals surface area contributed by atoms with Crippen LogP contribution in [0.4, 0.5) is 4.39 Å². The Labute approximate surface area is 107 Å². The SMILES string of the molecule is Oc1c(F)cccc1CN1CC2CCCC(C2)C1. The maximum Gasteiger partial charge on any atom is 0.165 e. The number of phenolic OH excluding ortho intramolecular Hbond substituents is 1. The van der Waals surface area contributed by atoms with E-state index < -0.39 is 5.82 Å². The Hall–Kier alpha value is -1.09. The number of nitrogens with zero attached hydrogens (tertiary/aromatic N) is 1. The molecule has 2 bridgehead atoms.